The van der Waals surface area contributed by atoms with E-state index >= 15 is 0 Å². The number of nitrogens with zero attached hydrogens (tertiary/aromatic N) is 2. The number of piperazine rings is 1. The minimum Gasteiger partial charge on any atom is -0.468 e. The van der Waals surface area contributed by atoms with Gasteiger partial charge in [-0.05, 0) is 25.5 Å². The van der Waals surface area contributed by atoms with E-state index in [0.717, 1.165) is 44.9 Å². The standard InChI is InChI=1S/C14H23N3O2/c1-12(15)4-5-14(18)17-8-6-16(7-9-17)11-13-3-2-10-19-13/h2-3,10,12H,4-9,11,15H2,1H3. The van der Waals surface area contributed by atoms with Gasteiger partial charge >= 0.3 is 0 Å². The molecule has 106 valence electrons. The SMILES string of the molecule is CC(N)CCC(=O)N1CCN(Cc2ccco2)CC1. The molecule has 1 aliphatic heterocycles. The summed E-state index contributed by atoms with van der Waals surface area (Å²) in [7, 11) is 0. The van der Waals surface area contributed by atoms with Crippen LogP contribution in [0.5, 0.6) is 0 Å². The van der Waals surface area contributed by atoms with Crippen LogP contribution in [0, 0.1) is 0 Å². The van der Waals surface area contributed by atoms with Crippen molar-refractivity contribution in [2.75, 3.05) is 26.2 Å². The number of rotatable bonds is 5. The molecule has 5 nitrogen and oxygen atoms in total. The predicted molar refractivity (Wildman–Crippen MR) is 73.4 cm³/mol. The molecule has 0 saturated carbocycles. The van der Waals surface area contributed by atoms with E-state index in [1.807, 2.05) is 24.0 Å². The van der Waals surface area contributed by atoms with E-state index in [4.69, 9.17) is 10.2 Å². The molecule has 1 saturated heterocycles. The Kier molecular flexibility index (Phi) is 4.99. The van der Waals surface area contributed by atoms with E-state index in [2.05, 4.69) is 4.90 Å². The van der Waals surface area contributed by atoms with Gasteiger partial charge in [0.2, 0.25) is 5.91 Å². The van der Waals surface area contributed by atoms with Crippen LogP contribution in [0.1, 0.15) is 25.5 Å². The van der Waals surface area contributed by atoms with E-state index in [9.17, 15) is 4.79 Å². The van der Waals surface area contributed by atoms with Crippen molar-refractivity contribution < 1.29 is 9.21 Å². The summed E-state index contributed by atoms with van der Waals surface area (Å²) in [5.41, 5.74) is 5.68. The van der Waals surface area contributed by atoms with Gasteiger partial charge in [-0.3, -0.25) is 9.69 Å². The number of furan rings is 1. The molecule has 0 spiro atoms. The average molecular weight is 265 g/mol. The molecule has 1 amide bonds. The van der Waals surface area contributed by atoms with Gasteiger partial charge < -0.3 is 15.1 Å². The number of carbonyl (C=O) groups is 1. The largest absolute Gasteiger partial charge is 0.468 e. The Morgan fingerprint density at radius 1 is 1.42 bits per heavy atom. The Morgan fingerprint density at radius 3 is 2.74 bits per heavy atom. The lowest BCUT2D eigenvalue weighted by Crippen LogP contribution is -2.48. The zero-order valence-electron chi connectivity index (χ0n) is 11.5. The van der Waals surface area contributed by atoms with E-state index < -0.39 is 0 Å². The van der Waals surface area contributed by atoms with Gasteiger partial charge in [0.25, 0.3) is 0 Å². The topological polar surface area (TPSA) is 62.7 Å². The molecule has 0 radical (unpaired) electrons. The van der Waals surface area contributed by atoms with Crippen molar-refractivity contribution in [3.63, 3.8) is 0 Å². The minimum atomic E-state index is 0.101. The Bertz CT molecular complexity index is 381. The van der Waals surface area contributed by atoms with Crippen LogP contribution in [0.4, 0.5) is 0 Å². The van der Waals surface area contributed by atoms with Gasteiger partial charge in [-0.2, -0.15) is 0 Å². The van der Waals surface area contributed by atoms with Crippen molar-refractivity contribution in [1.82, 2.24) is 9.80 Å². The maximum atomic E-state index is 12.0. The molecule has 1 unspecified atom stereocenters. The maximum Gasteiger partial charge on any atom is 0.222 e. The van der Waals surface area contributed by atoms with Crippen LogP contribution in [-0.2, 0) is 11.3 Å². The van der Waals surface area contributed by atoms with E-state index in [0.29, 0.717) is 6.42 Å². The average Bonchev–Trinajstić information content (AvgIpc) is 2.89. The van der Waals surface area contributed by atoms with Gasteiger partial charge in [0.15, 0.2) is 0 Å². The molecule has 2 rings (SSSR count). The third-order valence-corrected chi connectivity index (χ3v) is 3.50. The zero-order valence-corrected chi connectivity index (χ0v) is 11.5. The van der Waals surface area contributed by atoms with Crippen LogP contribution < -0.4 is 5.73 Å². The summed E-state index contributed by atoms with van der Waals surface area (Å²) in [4.78, 5) is 16.2. The summed E-state index contributed by atoms with van der Waals surface area (Å²) in [5, 5.41) is 0. The number of carbonyl (C=O) groups excluding carboxylic acids is 1. The van der Waals surface area contributed by atoms with Crippen molar-refractivity contribution in [2.45, 2.75) is 32.4 Å². The van der Waals surface area contributed by atoms with E-state index in [1.54, 1.807) is 6.26 Å². The summed E-state index contributed by atoms with van der Waals surface area (Å²) in [6, 6.07) is 3.99. The molecule has 2 N–H and O–H groups in total. The van der Waals surface area contributed by atoms with Crippen LogP contribution in [-0.4, -0.2) is 47.9 Å². The highest BCUT2D eigenvalue weighted by atomic mass is 16.3. The first-order valence-corrected chi connectivity index (χ1v) is 6.93. The summed E-state index contributed by atoms with van der Waals surface area (Å²) in [5.74, 6) is 1.21. The van der Waals surface area contributed by atoms with E-state index in [1.165, 1.54) is 0 Å². The molecular formula is C14H23N3O2. The van der Waals surface area contributed by atoms with Gasteiger partial charge in [-0.15, -0.1) is 0 Å². The Hall–Kier alpha value is -1.33. The lowest BCUT2D eigenvalue weighted by atomic mass is 10.1. The smallest absolute Gasteiger partial charge is 0.222 e. The van der Waals surface area contributed by atoms with Gasteiger partial charge in [-0.25, -0.2) is 0 Å². The second-order valence-electron chi connectivity index (χ2n) is 5.25. The molecule has 0 bridgehead atoms. The van der Waals surface area contributed by atoms with Gasteiger partial charge in [0.05, 0.1) is 12.8 Å². The summed E-state index contributed by atoms with van der Waals surface area (Å²) in [6.45, 7) is 6.19. The second kappa shape index (κ2) is 6.73. The molecule has 1 aromatic heterocycles. The first kappa shape index (κ1) is 14.1. The molecule has 1 fully saturated rings. The highest BCUT2D eigenvalue weighted by molar-refractivity contribution is 5.76. The molecule has 19 heavy (non-hydrogen) atoms. The molecule has 0 aromatic carbocycles. The van der Waals surface area contributed by atoms with Crippen LogP contribution in [0.15, 0.2) is 22.8 Å². The molecule has 1 aromatic rings. The fourth-order valence-electron chi connectivity index (χ4n) is 2.29. The minimum absolute atomic E-state index is 0.101. The van der Waals surface area contributed by atoms with Crippen LogP contribution >= 0.6 is 0 Å². The van der Waals surface area contributed by atoms with Gasteiger partial charge in [0, 0.05) is 38.6 Å². The third-order valence-electron chi connectivity index (χ3n) is 3.50. The third kappa shape index (κ3) is 4.36. The quantitative estimate of drug-likeness (QED) is 0.864. The number of nitrogens with two attached hydrogens (primary N) is 1. The van der Waals surface area contributed by atoms with Crippen molar-refractivity contribution in [3.05, 3.63) is 24.2 Å². The highest BCUT2D eigenvalue weighted by Gasteiger charge is 2.21. The van der Waals surface area contributed by atoms with Crippen molar-refractivity contribution in [2.24, 2.45) is 5.73 Å². The molecule has 2 heterocycles. The van der Waals surface area contributed by atoms with Crippen LogP contribution in [0.25, 0.3) is 0 Å². The monoisotopic (exact) mass is 265 g/mol. The summed E-state index contributed by atoms with van der Waals surface area (Å²) in [6.07, 6.45) is 3.03. The van der Waals surface area contributed by atoms with Gasteiger partial charge in [-0.1, -0.05) is 0 Å². The molecular weight excluding hydrogens is 242 g/mol. The first-order valence-electron chi connectivity index (χ1n) is 6.93. The van der Waals surface area contributed by atoms with Crippen LogP contribution in [0.3, 0.4) is 0 Å². The summed E-state index contributed by atoms with van der Waals surface area (Å²) >= 11 is 0. The summed E-state index contributed by atoms with van der Waals surface area (Å²) < 4.78 is 5.34. The Morgan fingerprint density at radius 2 is 2.16 bits per heavy atom. The van der Waals surface area contributed by atoms with Crippen LogP contribution in [0.2, 0.25) is 0 Å². The van der Waals surface area contributed by atoms with E-state index in [-0.39, 0.29) is 11.9 Å². The maximum absolute atomic E-state index is 12.0. The van der Waals surface area contributed by atoms with Crippen molar-refractivity contribution in [3.8, 4) is 0 Å². The lowest BCUT2D eigenvalue weighted by molar-refractivity contribution is -0.133. The molecule has 0 aliphatic carbocycles. The van der Waals surface area contributed by atoms with Gasteiger partial charge in [0.1, 0.15) is 5.76 Å². The second-order valence-corrected chi connectivity index (χ2v) is 5.25. The Balaban J connectivity index is 1.71. The number of hydrogen-bond donors (Lipinski definition) is 1. The Labute approximate surface area is 114 Å². The molecule has 1 atom stereocenters. The first-order chi connectivity index (χ1) is 9.15. The highest BCUT2D eigenvalue weighted by Crippen LogP contribution is 2.10. The zero-order chi connectivity index (χ0) is 13.7. The fraction of sp³-hybridized carbons (Fsp3) is 0.643. The van der Waals surface area contributed by atoms with Crippen molar-refractivity contribution in [1.29, 1.82) is 0 Å². The predicted octanol–water partition coefficient (Wildman–Crippen LogP) is 1.05. The fourth-order valence-corrected chi connectivity index (χ4v) is 2.29. The lowest BCUT2D eigenvalue weighted by Gasteiger charge is -2.34. The number of amides is 1. The number of hydrogen-bond acceptors (Lipinski definition) is 4. The van der Waals surface area contributed by atoms with Crippen molar-refractivity contribution >= 4 is 5.91 Å². The molecule has 5 heteroatoms. The normalized spacial score (nSPS) is 18.5. The molecule has 1 aliphatic rings.